The molecule has 0 heterocycles. The lowest BCUT2D eigenvalue weighted by atomic mass is 9.89. The van der Waals surface area contributed by atoms with E-state index in [2.05, 4.69) is 10.6 Å². The standard InChI is InChI=1S/C19H19F3N2O2/c20-19(21,22)15-8-4-5-9-16(15)24-17(25)23-12-18(26,14-10-11-14)13-6-2-1-3-7-13/h1-9,14,26H,10-12H2,(H2,23,24,25)/t18-/m0/s1. The third kappa shape index (κ3) is 3.99. The van der Waals surface area contributed by atoms with Crippen molar-refractivity contribution in [3.05, 3.63) is 65.7 Å². The minimum absolute atomic E-state index is 0.0210. The lowest BCUT2D eigenvalue weighted by Crippen LogP contribution is -2.44. The molecule has 0 unspecified atom stereocenters. The van der Waals surface area contributed by atoms with E-state index < -0.39 is 23.4 Å². The number of alkyl halides is 3. The highest BCUT2D eigenvalue weighted by molar-refractivity contribution is 5.90. The summed E-state index contributed by atoms with van der Waals surface area (Å²) < 4.78 is 39.0. The van der Waals surface area contributed by atoms with Gasteiger partial charge in [-0.05, 0) is 36.5 Å². The minimum atomic E-state index is -4.57. The number of rotatable bonds is 5. The average Bonchev–Trinajstić information content (AvgIpc) is 3.45. The highest BCUT2D eigenvalue weighted by Crippen LogP contribution is 2.45. The second kappa shape index (κ2) is 6.99. The fourth-order valence-corrected chi connectivity index (χ4v) is 2.99. The van der Waals surface area contributed by atoms with E-state index in [9.17, 15) is 23.1 Å². The molecule has 7 heteroatoms. The first-order valence-electron chi connectivity index (χ1n) is 8.29. The van der Waals surface area contributed by atoms with Gasteiger partial charge in [-0.25, -0.2) is 4.79 Å². The van der Waals surface area contributed by atoms with Crippen molar-refractivity contribution in [1.82, 2.24) is 5.32 Å². The van der Waals surface area contributed by atoms with Crippen LogP contribution in [0.2, 0.25) is 0 Å². The summed E-state index contributed by atoms with van der Waals surface area (Å²) in [5.74, 6) is 0.0210. The normalized spacial score (nSPS) is 16.6. The zero-order valence-electron chi connectivity index (χ0n) is 13.9. The van der Waals surface area contributed by atoms with Gasteiger partial charge in [0.05, 0.1) is 17.8 Å². The Labute approximate surface area is 149 Å². The van der Waals surface area contributed by atoms with E-state index in [1.807, 2.05) is 6.07 Å². The Bertz CT molecular complexity index is 776. The zero-order valence-corrected chi connectivity index (χ0v) is 13.9. The van der Waals surface area contributed by atoms with Gasteiger partial charge in [0, 0.05) is 0 Å². The van der Waals surface area contributed by atoms with Gasteiger partial charge in [-0.15, -0.1) is 0 Å². The third-order valence-electron chi connectivity index (χ3n) is 4.53. The average molecular weight is 364 g/mol. The van der Waals surface area contributed by atoms with Crippen LogP contribution in [0.4, 0.5) is 23.7 Å². The molecule has 1 aliphatic carbocycles. The quantitative estimate of drug-likeness (QED) is 0.747. The lowest BCUT2D eigenvalue weighted by Gasteiger charge is -2.29. The highest BCUT2D eigenvalue weighted by Gasteiger charge is 2.45. The molecule has 3 rings (SSSR count). The number of nitrogens with one attached hydrogen (secondary N) is 2. The van der Waals surface area contributed by atoms with Crippen molar-refractivity contribution in [1.29, 1.82) is 0 Å². The minimum Gasteiger partial charge on any atom is -0.383 e. The molecule has 0 aromatic heterocycles. The Morgan fingerprint density at radius 2 is 1.65 bits per heavy atom. The fourth-order valence-electron chi connectivity index (χ4n) is 2.99. The highest BCUT2D eigenvalue weighted by atomic mass is 19.4. The number of carbonyl (C=O) groups excluding carboxylic acids is 1. The Hall–Kier alpha value is -2.54. The fraction of sp³-hybridized carbons (Fsp3) is 0.316. The van der Waals surface area contributed by atoms with Crippen LogP contribution in [0.5, 0.6) is 0 Å². The van der Waals surface area contributed by atoms with Gasteiger partial charge in [0.1, 0.15) is 5.60 Å². The van der Waals surface area contributed by atoms with Crippen molar-refractivity contribution < 1.29 is 23.1 Å². The number of benzene rings is 2. The predicted molar refractivity (Wildman–Crippen MR) is 91.5 cm³/mol. The molecule has 1 saturated carbocycles. The predicted octanol–water partition coefficient (Wildman–Crippen LogP) is 4.12. The van der Waals surface area contributed by atoms with Crippen LogP contribution < -0.4 is 10.6 Å². The van der Waals surface area contributed by atoms with Gasteiger partial charge >= 0.3 is 12.2 Å². The van der Waals surface area contributed by atoms with Crippen molar-refractivity contribution in [2.24, 2.45) is 5.92 Å². The summed E-state index contributed by atoms with van der Waals surface area (Å²) in [4.78, 5) is 12.1. The smallest absolute Gasteiger partial charge is 0.383 e. The summed E-state index contributed by atoms with van der Waals surface area (Å²) in [6, 6.07) is 12.9. The number of anilines is 1. The molecule has 0 saturated heterocycles. The van der Waals surface area contributed by atoms with E-state index in [0.29, 0.717) is 5.56 Å². The van der Waals surface area contributed by atoms with E-state index in [-0.39, 0.29) is 18.2 Å². The Kier molecular flexibility index (Phi) is 4.91. The molecule has 138 valence electrons. The molecule has 2 amide bonds. The molecule has 0 aliphatic heterocycles. The molecule has 3 N–H and O–H groups in total. The molecule has 1 atom stereocenters. The molecule has 4 nitrogen and oxygen atoms in total. The van der Waals surface area contributed by atoms with Crippen LogP contribution in [0.25, 0.3) is 0 Å². The van der Waals surface area contributed by atoms with E-state index in [0.717, 1.165) is 18.9 Å². The largest absolute Gasteiger partial charge is 0.418 e. The van der Waals surface area contributed by atoms with Crippen LogP contribution in [-0.4, -0.2) is 17.7 Å². The molecule has 1 fully saturated rings. The molecular weight excluding hydrogens is 345 g/mol. The summed E-state index contributed by atoms with van der Waals surface area (Å²) in [5, 5.41) is 15.7. The molecule has 0 bridgehead atoms. The van der Waals surface area contributed by atoms with Crippen molar-refractivity contribution in [3.63, 3.8) is 0 Å². The van der Waals surface area contributed by atoms with Crippen molar-refractivity contribution >= 4 is 11.7 Å². The van der Waals surface area contributed by atoms with E-state index in [1.165, 1.54) is 18.2 Å². The van der Waals surface area contributed by atoms with Crippen molar-refractivity contribution in [3.8, 4) is 0 Å². The Balaban J connectivity index is 1.69. The maximum atomic E-state index is 13.0. The topological polar surface area (TPSA) is 61.4 Å². The lowest BCUT2D eigenvalue weighted by molar-refractivity contribution is -0.136. The number of para-hydroxylation sites is 1. The maximum Gasteiger partial charge on any atom is 0.418 e. The van der Waals surface area contributed by atoms with Gasteiger partial charge in [-0.3, -0.25) is 0 Å². The summed E-state index contributed by atoms with van der Waals surface area (Å²) in [5.41, 5.74) is -1.80. The first kappa shape index (κ1) is 18.3. The summed E-state index contributed by atoms with van der Waals surface area (Å²) in [6.45, 7) is -0.0816. The molecule has 2 aromatic carbocycles. The van der Waals surface area contributed by atoms with Gasteiger partial charge in [-0.1, -0.05) is 42.5 Å². The number of urea groups is 1. The number of hydrogen-bond donors (Lipinski definition) is 3. The summed E-state index contributed by atoms with van der Waals surface area (Å²) >= 11 is 0. The Morgan fingerprint density at radius 3 is 2.27 bits per heavy atom. The molecular formula is C19H19F3N2O2. The molecule has 0 spiro atoms. The number of hydrogen-bond acceptors (Lipinski definition) is 2. The zero-order chi connectivity index (χ0) is 18.8. The first-order chi connectivity index (χ1) is 12.3. The third-order valence-corrected chi connectivity index (χ3v) is 4.53. The van der Waals surface area contributed by atoms with Crippen molar-refractivity contribution in [2.45, 2.75) is 24.6 Å². The number of halogens is 3. The van der Waals surface area contributed by atoms with E-state index in [1.54, 1.807) is 24.3 Å². The molecule has 26 heavy (non-hydrogen) atoms. The summed E-state index contributed by atoms with van der Waals surface area (Å²) in [6.07, 6.45) is -2.89. The number of amides is 2. The van der Waals surface area contributed by atoms with Gasteiger partial charge in [0.15, 0.2) is 0 Å². The van der Waals surface area contributed by atoms with Gasteiger partial charge in [0.25, 0.3) is 0 Å². The van der Waals surface area contributed by atoms with Gasteiger partial charge < -0.3 is 15.7 Å². The monoisotopic (exact) mass is 364 g/mol. The second-order valence-electron chi connectivity index (χ2n) is 6.42. The van der Waals surface area contributed by atoms with Crippen LogP contribution >= 0.6 is 0 Å². The van der Waals surface area contributed by atoms with Crippen LogP contribution in [0.15, 0.2) is 54.6 Å². The Morgan fingerprint density at radius 1 is 1.04 bits per heavy atom. The van der Waals surface area contributed by atoms with Crippen LogP contribution in [0.1, 0.15) is 24.0 Å². The SMILES string of the molecule is O=C(NC[C@](O)(c1ccccc1)C1CC1)Nc1ccccc1C(F)(F)F. The van der Waals surface area contributed by atoms with Crippen molar-refractivity contribution in [2.75, 3.05) is 11.9 Å². The van der Waals surface area contributed by atoms with Crippen LogP contribution in [-0.2, 0) is 11.8 Å². The van der Waals surface area contributed by atoms with E-state index >= 15 is 0 Å². The first-order valence-corrected chi connectivity index (χ1v) is 8.29. The molecule has 2 aromatic rings. The second-order valence-corrected chi connectivity index (χ2v) is 6.42. The van der Waals surface area contributed by atoms with Crippen LogP contribution in [0, 0.1) is 5.92 Å². The van der Waals surface area contributed by atoms with Gasteiger partial charge in [0.2, 0.25) is 0 Å². The molecule has 0 radical (unpaired) electrons. The van der Waals surface area contributed by atoms with Gasteiger partial charge in [-0.2, -0.15) is 13.2 Å². The number of carbonyl (C=O) groups is 1. The molecule has 1 aliphatic rings. The van der Waals surface area contributed by atoms with Crippen LogP contribution in [0.3, 0.4) is 0 Å². The van der Waals surface area contributed by atoms with E-state index in [4.69, 9.17) is 0 Å². The number of aliphatic hydroxyl groups is 1. The summed E-state index contributed by atoms with van der Waals surface area (Å²) in [7, 11) is 0. The maximum absolute atomic E-state index is 13.0.